The lowest BCUT2D eigenvalue weighted by Gasteiger charge is -2.10. The van der Waals surface area contributed by atoms with Gasteiger partial charge in [0.1, 0.15) is 0 Å². The molecule has 0 fully saturated rings. The average molecular weight is 307 g/mol. The Kier molecular flexibility index (Phi) is 6.69. The fourth-order valence-electron chi connectivity index (χ4n) is 1.83. The van der Waals surface area contributed by atoms with Gasteiger partial charge in [-0.25, -0.2) is 8.42 Å². The number of unbranched alkanes of at least 4 members (excludes halogenated alkanes) is 2. The molecule has 0 atom stereocenters. The van der Waals surface area contributed by atoms with Gasteiger partial charge >= 0.3 is 0 Å². The van der Waals surface area contributed by atoms with E-state index in [4.69, 9.17) is 0 Å². The summed E-state index contributed by atoms with van der Waals surface area (Å²) < 4.78 is 25.4. The normalized spacial score (nSPS) is 12.9. The fraction of sp³-hybridized carbons (Fsp3) is 0.412. The van der Waals surface area contributed by atoms with Crippen molar-refractivity contribution in [3.8, 4) is 0 Å². The summed E-state index contributed by atoms with van der Waals surface area (Å²) in [5.74, 6) is 0. The Labute approximate surface area is 128 Å². The van der Waals surface area contributed by atoms with E-state index >= 15 is 0 Å². The minimum absolute atomic E-state index is 0.326. The predicted molar refractivity (Wildman–Crippen MR) is 88.8 cm³/mol. The van der Waals surface area contributed by atoms with Gasteiger partial charge in [0.05, 0.1) is 9.80 Å². The molecule has 0 aliphatic carbocycles. The summed E-state index contributed by atoms with van der Waals surface area (Å²) in [6, 6.07) is 6.96. The van der Waals surface area contributed by atoms with E-state index in [1.54, 1.807) is 29.3 Å². The van der Waals surface area contributed by atoms with Gasteiger partial charge in [0, 0.05) is 20.3 Å². The molecule has 1 rings (SSSR count). The van der Waals surface area contributed by atoms with Crippen LogP contribution in [0, 0.1) is 6.92 Å². The summed E-state index contributed by atoms with van der Waals surface area (Å²) in [7, 11) is 0.180. The first-order valence-corrected chi connectivity index (χ1v) is 8.72. The first-order chi connectivity index (χ1) is 9.87. The van der Waals surface area contributed by atoms with Crippen LogP contribution in [0.15, 0.2) is 52.4 Å². The number of nitrogens with zero attached hydrogens (tertiary/aromatic N) is 1. The van der Waals surface area contributed by atoms with Crippen molar-refractivity contribution in [2.75, 3.05) is 14.1 Å². The first-order valence-electron chi connectivity index (χ1n) is 7.24. The van der Waals surface area contributed by atoms with Gasteiger partial charge in [-0.3, -0.25) is 0 Å². The van der Waals surface area contributed by atoms with Gasteiger partial charge in [-0.2, -0.15) is 0 Å². The molecule has 4 heteroatoms. The highest BCUT2D eigenvalue weighted by molar-refractivity contribution is 7.95. The maximum absolute atomic E-state index is 12.7. The van der Waals surface area contributed by atoms with Crippen molar-refractivity contribution in [3.05, 3.63) is 53.1 Å². The third kappa shape index (κ3) is 5.38. The van der Waals surface area contributed by atoms with Crippen LogP contribution in [0.25, 0.3) is 0 Å². The number of sulfone groups is 1. The Morgan fingerprint density at radius 1 is 1.19 bits per heavy atom. The summed E-state index contributed by atoms with van der Waals surface area (Å²) in [5, 5.41) is 0. The Bertz CT molecular complexity index is 596. The van der Waals surface area contributed by atoms with Crippen molar-refractivity contribution in [1.82, 2.24) is 4.90 Å². The van der Waals surface area contributed by atoms with Gasteiger partial charge in [0.2, 0.25) is 9.84 Å². The minimum Gasteiger partial charge on any atom is -0.382 e. The van der Waals surface area contributed by atoms with Gasteiger partial charge in [0.15, 0.2) is 0 Å². The summed E-state index contributed by atoms with van der Waals surface area (Å²) in [4.78, 5) is 2.42. The second-order valence-electron chi connectivity index (χ2n) is 5.36. The SMILES string of the molecule is CCCC/C=C/C(=C\N(C)C)S(=O)(=O)c1ccc(C)cc1. The van der Waals surface area contributed by atoms with Crippen molar-refractivity contribution < 1.29 is 8.42 Å². The highest BCUT2D eigenvalue weighted by atomic mass is 32.2. The van der Waals surface area contributed by atoms with Crippen molar-refractivity contribution in [2.45, 2.75) is 38.0 Å². The maximum Gasteiger partial charge on any atom is 0.208 e. The van der Waals surface area contributed by atoms with Crippen LogP contribution >= 0.6 is 0 Å². The fourth-order valence-corrected chi connectivity index (χ4v) is 3.22. The smallest absolute Gasteiger partial charge is 0.208 e. The monoisotopic (exact) mass is 307 g/mol. The summed E-state index contributed by atoms with van der Waals surface area (Å²) in [6.07, 6.45) is 8.36. The molecule has 0 aromatic heterocycles. The van der Waals surface area contributed by atoms with E-state index in [-0.39, 0.29) is 0 Å². The Morgan fingerprint density at radius 3 is 2.33 bits per heavy atom. The molecule has 0 bridgehead atoms. The second kappa shape index (κ2) is 8.03. The van der Waals surface area contributed by atoms with E-state index in [9.17, 15) is 8.42 Å². The molecule has 3 nitrogen and oxygen atoms in total. The Balaban J connectivity index is 3.12. The average Bonchev–Trinajstić information content (AvgIpc) is 2.42. The van der Waals surface area contributed by atoms with Gasteiger partial charge in [-0.05, 0) is 31.6 Å². The zero-order valence-electron chi connectivity index (χ0n) is 13.3. The zero-order chi connectivity index (χ0) is 15.9. The molecule has 0 aliphatic rings. The van der Waals surface area contributed by atoms with Gasteiger partial charge in [-0.15, -0.1) is 0 Å². The molecule has 0 saturated heterocycles. The summed E-state index contributed by atoms with van der Waals surface area (Å²) in [5.41, 5.74) is 1.05. The lowest BCUT2D eigenvalue weighted by molar-refractivity contribution is 0.558. The third-order valence-corrected chi connectivity index (χ3v) is 4.79. The predicted octanol–water partition coefficient (Wildman–Crippen LogP) is 3.92. The number of hydrogen-bond acceptors (Lipinski definition) is 3. The quantitative estimate of drug-likeness (QED) is 0.566. The zero-order valence-corrected chi connectivity index (χ0v) is 14.2. The Hall–Kier alpha value is -1.55. The van der Waals surface area contributed by atoms with Gasteiger partial charge in [-0.1, -0.05) is 43.5 Å². The standard InChI is InChI=1S/C17H25NO2S/c1-5-6-7-8-9-17(14-18(3)4)21(19,20)16-12-10-15(2)11-13-16/h8-14H,5-7H2,1-4H3/b9-8+,17-14+. The van der Waals surface area contributed by atoms with E-state index in [0.29, 0.717) is 9.80 Å². The van der Waals surface area contributed by atoms with Crippen molar-refractivity contribution in [2.24, 2.45) is 0 Å². The molecule has 0 N–H and O–H groups in total. The van der Waals surface area contributed by atoms with E-state index in [1.165, 1.54) is 0 Å². The van der Waals surface area contributed by atoms with E-state index < -0.39 is 9.84 Å². The number of benzene rings is 1. The molecule has 1 aromatic rings. The lowest BCUT2D eigenvalue weighted by Crippen LogP contribution is -2.09. The minimum atomic E-state index is -3.47. The summed E-state index contributed by atoms with van der Waals surface area (Å²) >= 11 is 0. The first kappa shape index (κ1) is 17.5. The van der Waals surface area contributed by atoms with Crippen LogP contribution < -0.4 is 0 Å². The third-order valence-electron chi connectivity index (χ3n) is 3.03. The number of allylic oxidation sites excluding steroid dienone is 2. The molecule has 1 aromatic carbocycles. The molecule has 0 aliphatic heterocycles. The van der Waals surface area contributed by atoms with Gasteiger partial charge in [0.25, 0.3) is 0 Å². The molecule has 0 unspecified atom stereocenters. The number of hydrogen-bond donors (Lipinski definition) is 0. The molecular formula is C17H25NO2S. The topological polar surface area (TPSA) is 37.4 Å². The Morgan fingerprint density at radius 2 is 1.81 bits per heavy atom. The van der Waals surface area contributed by atoms with Crippen LogP contribution in [0.4, 0.5) is 0 Å². The van der Waals surface area contributed by atoms with E-state index in [1.807, 2.05) is 39.2 Å². The van der Waals surface area contributed by atoms with E-state index in [2.05, 4.69) is 6.92 Å². The lowest BCUT2D eigenvalue weighted by atomic mass is 10.2. The molecule has 0 radical (unpaired) electrons. The van der Waals surface area contributed by atoms with Crippen molar-refractivity contribution >= 4 is 9.84 Å². The van der Waals surface area contributed by atoms with Crippen LogP contribution in [0.5, 0.6) is 0 Å². The maximum atomic E-state index is 12.7. The highest BCUT2D eigenvalue weighted by Gasteiger charge is 2.18. The molecule has 0 saturated carbocycles. The second-order valence-corrected chi connectivity index (χ2v) is 7.31. The van der Waals surface area contributed by atoms with Crippen LogP contribution in [0.3, 0.4) is 0 Å². The van der Waals surface area contributed by atoms with Crippen LogP contribution in [-0.2, 0) is 9.84 Å². The number of aryl methyl sites for hydroxylation is 1. The van der Waals surface area contributed by atoms with Crippen LogP contribution in [-0.4, -0.2) is 27.4 Å². The molecule has 0 heterocycles. The highest BCUT2D eigenvalue weighted by Crippen LogP contribution is 2.21. The van der Waals surface area contributed by atoms with Crippen LogP contribution in [0.2, 0.25) is 0 Å². The van der Waals surface area contributed by atoms with Crippen molar-refractivity contribution in [3.63, 3.8) is 0 Å². The molecular weight excluding hydrogens is 282 g/mol. The van der Waals surface area contributed by atoms with Crippen molar-refractivity contribution in [1.29, 1.82) is 0 Å². The molecule has 116 valence electrons. The van der Waals surface area contributed by atoms with E-state index in [0.717, 1.165) is 24.8 Å². The molecule has 0 amide bonds. The molecule has 0 spiro atoms. The molecule has 21 heavy (non-hydrogen) atoms. The largest absolute Gasteiger partial charge is 0.382 e. The number of rotatable bonds is 7. The van der Waals surface area contributed by atoms with Gasteiger partial charge < -0.3 is 4.90 Å². The summed E-state index contributed by atoms with van der Waals surface area (Å²) in [6.45, 7) is 4.06. The van der Waals surface area contributed by atoms with Crippen LogP contribution in [0.1, 0.15) is 31.7 Å².